The summed E-state index contributed by atoms with van der Waals surface area (Å²) in [7, 11) is 0. The zero-order chi connectivity index (χ0) is 12.3. The van der Waals surface area contributed by atoms with E-state index >= 15 is 0 Å². The lowest BCUT2D eigenvalue weighted by Gasteiger charge is -1.95. The number of carbonyl (C=O) groups is 2. The number of ketones is 1. The van der Waals surface area contributed by atoms with Gasteiger partial charge in [-0.15, -0.1) is 0 Å². The second-order valence-electron chi connectivity index (χ2n) is 2.91. The number of primary amides is 1. The smallest absolute Gasteiger partial charge is 0.401 e. The minimum absolute atomic E-state index is 0.0238. The van der Waals surface area contributed by atoms with Crippen LogP contribution in [0.4, 0.5) is 5.88 Å². The Morgan fingerprint density at radius 3 is 2.50 bits per heavy atom. The van der Waals surface area contributed by atoms with Crippen LogP contribution in [0.15, 0.2) is 22.1 Å². The highest BCUT2D eigenvalue weighted by Gasteiger charge is 2.14. The molecule has 0 aromatic carbocycles. The normalized spacial score (nSPS) is 11.2. The van der Waals surface area contributed by atoms with Gasteiger partial charge in [0.25, 0.3) is 5.91 Å². The highest BCUT2D eigenvalue weighted by Crippen LogP contribution is 2.18. The molecule has 0 saturated heterocycles. The monoisotopic (exact) mass is 224 g/mol. The fourth-order valence-corrected chi connectivity index (χ4v) is 1.01. The molecule has 0 aliphatic carbocycles. The molecule has 7 heteroatoms. The molecule has 2 N–H and O–H groups in total. The van der Waals surface area contributed by atoms with E-state index < -0.39 is 22.5 Å². The molecule has 0 bridgehead atoms. The van der Waals surface area contributed by atoms with E-state index in [0.717, 1.165) is 19.1 Å². The summed E-state index contributed by atoms with van der Waals surface area (Å²) in [5, 5.41) is 10.3. The molecule has 1 aromatic heterocycles. The third kappa shape index (κ3) is 2.53. The van der Waals surface area contributed by atoms with Gasteiger partial charge in [0, 0.05) is 0 Å². The van der Waals surface area contributed by atoms with Crippen molar-refractivity contribution in [3.05, 3.63) is 33.6 Å². The quantitative estimate of drug-likeness (QED) is 0.265. The Morgan fingerprint density at radius 1 is 1.50 bits per heavy atom. The Kier molecular flexibility index (Phi) is 3.19. The van der Waals surface area contributed by atoms with Crippen LogP contribution in [0.1, 0.15) is 12.7 Å². The summed E-state index contributed by atoms with van der Waals surface area (Å²) >= 11 is 0. The minimum Gasteiger partial charge on any atom is -0.401 e. The first-order valence-electron chi connectivity index (χ1n) is 4.18. The summed E-state index contributed by atoms with van der Waals surface area (Å²) < 4.78 is 4.74. The van der Waals surface area contributed by atoms with Crippen molar-refractivity contribution in [3.63, 3.8) is 0 Å². The number of nitro groups is 1. The van der Waals surface area contributed by atoms with Gasteiger partial charge in [-0.25, -0.2) is 0 Å². The standard InChI is InChI=1S/C9H8N2O5/c1-5(12)7(9(10)13)4-6-2-3-8(16-6)11(14)15/h2-4H,1H3,(H2,10,13)/b7-4+. The molecule has 1 rings (SSSR count). The molecule has 0 atom stereocenters. The van der Waals surface area contributed by atoms with E-state index in [0.29, 0.717) is 0 Å². The van der Waals surface area contributed by atoms with Gasteiger partial charge >= 0.3 is 5.88 Å². The number of nitrogens with two attached hydrogens (primary N) is 1. The Morgan fingerprint density at radius 2 is 2.12 bits per heavy atom. The van der Waals surface area contributed by atoms with E-state index in [9.17, 15) is 19.7 Å². The lowest BCUT2D eigenvalue weighted by Crippen LogP contribution is -2.18. The Labute approximate surface area is 89.7 Å². The summed E-state index contributed by atoms with van der Waals surface area (Å²) in [6.07, 6.45) is 1.07. The third-order valence-electron chi connectivity index (χ3n) is 1.72. The largest absolute Gasteiger partial charge is 0.433 e. The molecule has 0 aliphatic rings. The predicted octanol–water partition coefficient (Wildman–Crippen LogP) is 0.646. The zero-order valence-electron chi connectivity index (χ0n) is 8.30. The van der Waals surface area contributed by atoms with E-state index in [-0.39, 0.29) is 11.3 Å². The fourth-order valence-electron chi connectivity index (χ4n) is 1.01. The molecule has 0 saturated carbocycles. The van der Waals surface area contributed by atoms with E-state index in [1.165, 1.54) is 6.07 Å². The molecule has 1 heterocycles. The van der Waals surface area contributed by atoms with E-state index in [1.54, 1.807) is 0 Å². The van der Waals surface area contributed by atoms with Crippen molar-refractivity contribution >= 4 is 23.7 Å². The maximum atomic E-state index is 11.0. The van der Waals surface area contributed by atoms with Gasteiger partial charge in [0.05, 0.1) is 11.6 Å². The number of Topliss-reactive ketones (excluding diaryl/α,β-unsaturated/α-hetero) is 1. The number of carbonyl (C=O) groups excluding carboxylic acids is 2. The van der Waals surface area contributed by atoms with Gasteiger partial charge in [-0.05, 0) is 19.1 Å². The van der Waals surface area contributed by atoms with Crippen LogP contribution in [-0.4, -0.2) is 16.6 Å². The number of nitrogens with zero attached hydrogens (tertiary/aromatic N) is 1. The molecular weight excluding hydrogens is 216 g/mol. The maximum Gasteiger partial charge on any atom is 0.433 e. The van der Waals surface area contributed by atoms with Gasteiger partial charge in [-0.1, -0.05) is 0 Å². The maximum absolute atomic E-state index is 11.0. The summed E-state index contributed by atoms with van der Waals surface area (Å²) in [5.41, 5.74) is 4.67. The first-order chi connectivity index (χ1) is 7.41. The first kappa shape index (κ1) is 11.6. The lowest BCUT2D eigenvalue weighted by atomic mass is 10.1. The van der Waals surface area contributed by atoms with Crippen LogP contribution in [0, 0.1) is 10.1 Å². The van der Waals surface area contributed by atoms with Gasteiger partial charge in [0.1, 0.15) is 10.7 Å². The predicted molar refractivity (Wildman–Crippen MR) is 53.2 cm³/mol. The lowest BCUT2D eigenvalue weighted by molar-refractivity contribution is -0.402. The number of hydrogen-bond donors (Lipinski definition) is 1. The Bertz CT molecular complexity index is 470. The Balaban J connectivity index is 3.09. The summed E-state index contributed by atoms with van der Waals surface area (Å²) in [5.74, 6) is -1.90. The molecule has 7 nitrogen and oxygen atoms in total. The summed E-state index contributed by atoms with van der Waals surface area (Å²) in [6.45, 7) is 1.16. The van der Waals surface area contributed by atoms with Crippen molar-refractivity contribution in [2.24, 2.45) is 5.73 Å². The van der Waals surface area contributed by atoms with Gasteiger partial charge in [-0.2, -0.15) is 0 Å². The highest BCUT2D eigenvalue weighted by molar-refractivity contribution is 6.21. The molecule has 0 unspecified atom stereocenters. The van der Waals surface area contributed by atoms with Crippen LogP contribution in [-0.2, 0) is 9.59 Å². The first-order valence-corrected chi connectivity index (χ1v) is 4.18. The van der Waals surface area contributed by atoms with E-state index in [4.69, 9.17) is 10.2 Å². The van der Waals surface area contributed by atoms with Crippen molar-refractivity contribution < 1.29 is 18.9 Å². The summed E-state index contributed by atoms with van der Waals surface area (Å²) in [6, 6.07) is 2.38. The van der Waals surface area contributed by atoms with Crippen LogP contribution in [0.3, 0.4) is 0 Å². The fraction of sp³-hybridized carbons (Fsp3) is 0.111. The molecule has 0 fully saturated rings. The molecule has 1 aromatic rings. The molecule has 84 valence electrons. The van der Waals surface area contributed by atoms with Crippen LogP contribution >= 0.6 is 0 Å². The van der Waals surface area contributed by atoms with Crippen molar-refractivity contribution in [2.75, 3.05) is 0 Å². The SMILES string of the molecule is CC(=O)/C(=C\c1ccc([N+](=O)[O-])o1)C(N)=O. The van der Waals surface area contributed by atoms with Crippen LogP contribution in [0.25, 0.3) is 6.08 Å². The highest BCUT2D eigenvalue weighted by atomic mass is 16.6. The molecule has 0 spiro atoms. The summed E-state index contributed by atoms with van der Waals surface area (Å²) in [4.78, 5) is 31.4. The molecule has 0 aliphatic heterocycles. The zero-order valence-corrected chi connectivity index (χ0v) is 8.30. The van der Waals surface area contributed by atoms with Gasteiger partial charge in [0.2, 0.25) is 0 Å². The number of amides is 1. The average Bonchev–Trinajstić information content (AvgIpc) is 2.61. The van der Waals surface area contributed by atoms with E-state index in [1.807, 2.05) is 0 Å². The van der Waals surface area contributed by atoms with Crippen molar-refractivity contribution in [1.82, 2.24) is 0 Å². The van der Waals surface area contributed by atoms with Crippen molar-refractivity contribution in [2.45, 2.75) is 6.92 Å². The van der Waals surface area contributed by atoms with Gasteiger partial charge < -0.3 is 10.2 Å². The molecule has 16 heavy (non-hydrogen) atoms. The van der Waals surface area contributed by atoms with Crippen LogP contribution < -0.4 is 5.73 Å². The van der Waals surface area contributed by atoms with Crippen LogP contribution in [0.2, 0.25) is 0 Å². The second-order valence-corrected chi connectivity index (χ2v) is 2.91. The minimum atomic E-state index is -0.911. The third-order valence-corrected chi connectivity index (χ3v) is 1.72. The number of rotatable bonds is 4. The van der Waals surface area contributed by atoms with E-state index in [2.05, 4.69) is 0 Å². The Hall–Kier alpha value is -2.44. The van der Waals surface area contributed by atoms with Gasteiger partial charge in [-0.3, -0.25) is 19.7 Å². The number of furan rings is 1. The van der Waals surface area contributed by atoms with Gasteiger partial charge in [0.15, 0.2) is 5.78 Å². The number of hydrogen-bond acceptors (Lipinski definition) is 5. The van der Waals surface area contributed by atoms with Crippen LogP contribution in [0.5, 0.6) is 0 Å². The molecule has 0 radical (unpaired) electrons. The van der Waals surface area contributed by atoms with Crippen molar-refractivity contribution in [3.8, 4) is 0 Å². The van der Waals surface area contributed by atoms with Crippen molar-refractivity contribution in [1.29, 1.82) is 0 Å². The average molecular weight is 224 g/mol. The molecular formula is C9H8N2O5. The second kappa shape index (κ2) is 4.39. The topological polar surface area (TPSA) is 116 Å². The molecule has 1 amide bonds.